The molecule has 22 heavy (non-hydrogen) atoms. The molecule has 0 fully saturated rings. The van der Waals surface area contributed by atoms with Crippen LogP contribution in [0.4, 0.5) is 0 Å². The molecule has 0 unspecified atom stereocenters. The predicted octanol–water partition coefficient (Wildman–Crippen LogP) is 1.75. The van der Waals surface area contributed by atoms with Crippen molar-refractivity contribution < 1.29 is 4.74 Å². The Morgan fingerprint density at radius 3 is 2.73 bits per heavy atom. The van der Waals surface area contributed by atoms with Gasteiger partial charge in [-0.25, -0.2) is 4.98 Å². The van der Waals surface area contributed by atoms with Crippen LogP contribution in [-0.4, -0.2) is 41.2 Å². The molecule has 0 amide bonds. The highest BCUT2D eigenvalue weighted by Crippen LogP contribution is 2.15. The Bertz CT molecular complexity index is 752. The van der Waals surface area contributed by atoms with Crippen LogP contribution in [0, 0.1) is 11.8 Å². The third-order valence-electron chi connectivity index (χ3n) is 3.60. The lowest BCUT2D eigenvalue weighted by molar-refractivity contribution is 0.342. The summed E-state index contributed by atoms with van der Waals surface area (Å²) in [5.41, 5.74) is 0.557. The lowest BCUT2D eigenvalue weighted by Crippen LogP contribution is -2.23. The highest BCUT2D eigenvalue weighted by molar-refractivity contribution is 5.78. The fourth-order valence-corrected chi connectivity index (χ4v) is 2.13. The van der Waals surface area contributed by atoms with E-state index in [0.717, 1.165) is 19.6 Å². The molecule has 0 saturated heterocycles. The number of methoxy groups -OCH3 is 1. The standard InChI is InChI=1S/C17H21N3O2/c1-4-19(5-2)10-6-7-11-20-13-18-16-12-14(22-3)8-9-15(16)17(20)21/h8-9,12-13H,4-5,10-11H2,1-3H3. The molecule has 116 valence electrons. The lowest BCUT2D eigenvalue weighted by Gasteiger charge is -2.13. The number of ether oxygens (including phenoxy) is 1. The van der Waals surface area contributed by atoms with Crippen LogP contribution in [0.1, 0.15) is 13.8 Å². The molecule has 1 heterocycles. The monoisotopic (exact) mass is 299 g/mol. The summed E-state index contributed by atoms with van der Waals surface area (Å²) in [4.78, 5) is 18.9. The molecule has 5 nitrogen and oxygen atoms in total. The van der Waals surface area contributed by atoms with E-state index in [9.17, 15) is 4.79 Å². The van der Waals surface area contributed by atoms with Crippen molar-refractivity contribution in [3.05, 3.63) is 34.9 Å². The van der Waals surface area contributed by atoms with E-state index in [2.05, 4.69) is 35.6 Å². The third kappa shape index (κ3) is 3.66. The highest BCUT2D eigenvalue weighted by atomic mass is 16.5. The Morgan fingerprint density at radius 1 is 1.27 bits per heavy atom. The molecule has 0 atom stereocenters. The van der Waals surface area contributed by atoms with Gasteiger partial charge in [-0.05, 0) is 25.2 Å². The molecular formula is C17H21N3O2. The first-order valence-corrected chi connectivity index (χ1v) is 7.40. The van der Waals surface area contributed by atoms with Crippen LogP contribution in [0.15, 0.2) is 29.3 Å². The van der Waals surface area contributed by atoms with E-state index < -0.39 is 0 Å². The summed E-state index contributed by atoms with van der Waals surface area (Å²) in [7, 11) is 1.59. The van der Waals surface area contributed by atoms with Gasteiger partial charge in [0, 0.05) is 6.07 Å². The molecule has 0 aliphatic carbocycles. The van der Waals surface area contributed by atoms with Gasteiger partial charge in [0.1, 0.15) is 5.75 Å². The van der Waals surface area contributed by atoms with E-state index in [1.807, 2.05) is 0 Å². The summed E-state index contributed by atoms with van der Waals surface area (Å²) in [5.74, 6) is 6.82. The zero-order valence-electron chi connectivity index (χ0n) is 13.3. The van der Waals surface area contributed by atoms with Gasteiger partial charge < -0.3 is 4.74 Å². The second-order valence-electron chi connectivity index (χ2n) is 4.88. The summed E-state index contributed by atoms with van der Waals surface area (Å²) in [5, 5.41) is 0.578. The van der Waals surface area contributed by atoms with Crippen LogP contribution in [0.5, 0.6) is 5.75 Å². The molecule has 0 radical (unpaired) electrons. The molecule has 2 rings (SSSR count). The second-order valence-corrected chi connectivity index (χ2v) is 4.88. The Balaban J connectivity index is 2.18. The van der Waals surface area contributed by atoms with E-state index in [-0.39, 0.29) is 5.56 Å². The Hall–Kier alpha value is -2.32. The van der Waals surface area contributed by atoms with Crippen LogP contribution in [0.25, 0.3) is 10.9 Å². The Morgan fingerprint density at radius 2 is 2.05 bits per heavy atom. The molecule has 1 aromatic heterocycles. The van der Waals surface area contributed by atoms with Crippen molar-refractivity contribution in [3.63, 3.8) is 0 Å². The van der Waals surface area contributed by atoms with Crippen molar-refractivity contribution in [2.24, 2.45) is 0 Å². The molecular weight excluding hydrogens is 278 g/mol. The predicted molar refractivity (Wildman–Crippen MR) is 88.1 cm³/mol. The van der Waals surface area contributed by atoms with Gasteiger partial charge in [-0.1, -0.05) is 25.7 Å². The third-order valence-corrected chi connectivity index (χ3v) is 3.60. The first kappa shape index (κ1) is 16.1. The summed E-state index contributed by atoms with van der Waals surface area (Å²) < 4.78 is 6.67. The summed E-state index contributed by atoms with van der Waals surface area (Å²) in [6.07, 6.45) is 1.54. The summed E-state index contributed by atoms with van der Waals surface area (Å²) >= 11 is 0. The highest BCUT2D eigenvalue weighted by Gasteiger charge is 2.04. The molecule has 5 heteroatoms. The van der Waals surface area contributed by atoms with Gasteiger partial charge in [-0.15, -0.1) is 0 Å². The minimum atomic E-state index is -0.0789. The van der Waals surface area contributed by atoms with Gasteiger partial charge in [0.05, 0.1) is 37.4 Å². The van der Waals surface area contributed by atoms with Crippen LogP contribution in [0.2, 0.25) is 0 Å². The average molecular weight is 299 g/mol. The van der Waals surface area contributed by atoms with Gasteiger partial charge in [-0.2, -0.15) is 0 Å². The first-order valence-electron chi connectivity index (χ1n) is 7.40. The Kier molecular flexibility index (Phi) is 5.56. The summed E-state index contributed by atoms with van der Waals surface area (Å²) in [6.45, 7) is 7.25. The molecule has 1 aromatic carbocycles. The minimum Gasteiger partial charge on any atom is -0.497 e. The van der Waals surface area contributed by atoms with Crippen molar-refractivity contribution in [2.75, 3.05) is 26.7 Å². The van der Waals surface area contributed by atoms with Crippen LogP contribution in [0.3, 0.4) is 0 Å². The number of rotatable bonds is 5. The fourth-order valence-electron chi connectivity index (χ4n) is 2.13. The smallest absolute Gasteiger partial charge is 0.262 e. The quantitative estimate of drug-likeness (QED) is 0.789. The number of hydrogen-bond acceptors (Lipinski definition) is 4. The zero-order valence-corrected chi connectivity index (χ0v) is 13.3. The van der Waals surface area contributed by atoms with Crippen molar-refractivity contribution in [2.45, 2.75) is 20.4 Å². The number of hydrogen-bond donors (Lipinski definition) is 0. The molecule has 0 saturated carbocycles. The average Bonchev–Trinajstić information content (AvgIpc) is 2.56. The molecule has 0 N–H and O–H groups in total. The lowest BCUT2D eigenvalue weighted by atomic mass is 10.2. The van der Waals surface area contributed by atoms with E-state index in [1.54, 1.807) is 25.3 Å². The Labute approximate surface area is 130 Å². The van der Waals surface area contributed by atoms with Gasteiger partial charge in [0.15, 0.2) is 0 Å². The maximum Gasteiger partial charge on any atom is 0.262 e. The number of aromatic nitrogens is 2. The van der Waals surface area contributed by atoms with E-state index in [1.165, 1.54) is 10.9 Å². The van der Waals surface area contributed by atoms with Crippen LogP contribution < -0.4 is 10.3 Å². The number of benzene rings is 1. The van der Waals surface area contributed by atoms with Gasteiger partial charge in [-0.3, -0.25) is 14.3 Å². The maximum absolute atomic E-state index is 12.4. The van der Waals surface area contributed by atoms with Gasteiger partial charge in [0.2, 0.25) is 0 Å². The normalized spacial score (nSPS) is 10.5. The maximum atomic E-state index is 12.4. The second kappa shape index (κ2) is 7.62. The zero-order chi connectivity index (χ0) is 15.9. The molecule has 0 bridgehead atoms. The topological polar surface area (TPSA) is 47.4 Å². The van der Waals surface area contributed by atoms with Crippen molar-refractivity contribution in [1.82, 2.24) is 14.5 Å². The van der Waals surface area contributed by atoms with Gasteiger partial charge in [0.25, 0.3) is 5.56 Å². The molecule has 0 spiro atoms. The number of fused-ring (bicyclic) bond motifs is 1. The molecule has 0 aliphatic heterocycles. The van der Waals surface area contributed by atoms with Crippen molar-refractivity contribution >= 4 is 10.9 Å². The SMILES string of the molecule is CCN(CC)CC#CCn1cnc2cc(OC)ccc2c1=O. The van der Waals surface area contributed by atoms with Crippen LogP contribution in [-0.2, 0) is 6.54 Å². The van der Waals surface area contributed by atoms with Crippen molar-refractivity contribution in [1.29, 1.82) is 0 Å². The largest absolute Gasteiger partial charge is 0.497 e. The number of nitrogens with zero attached hydrogens (tertiary/aromatic N) is 3. The van der Waals surface area contributed by atoms with E-state index in [4.69, 9.17) is 4.74 Å². The van der Waals surface area contributed by atoms with Crippen LogP contribution >= 0.6 is 0 Å². The molecule has 0 aliphatic rings. The first-order chi connectivity index (χ1) is 10.7. The fraction of sp³-hybridized carbons (Fsp3) is 0.412. The molecule has 2 aromatic rings. The van der Waals surface area contributed by atoms with E-state index in [0.29, 0.717) is 23.2 Å². The minimum absolute atomic E-state index is 0.0789. The van der Waals surface area contributed by atoms with Gasteiger partial charge >= 0.3 is 0 Å². The van der Waals surface area contributed by atoms with Crippen molar-refractivity contribution in [3.8, 4) is 17.6 Å². The summed E-state index contributed by atoms with van der Waals surface area (Å²) in [6, 6.07) is 5.26. The van der Waals surface area contributed by atoms with E-state index >= 15 is 0 Å².